The van der Waals surface area contributed by atoms with Crippen LogP contribution >= 0.6 is 0 Å². The predicted molar refractivity (Wildman–Crippen MR) is 161 cm³/mol. The summed E-state index contributed by atoms with van der Waals surface area (Å²) in [6.07, 6.45) is 13.9. The smallest absolute Gasteiger partial charge is 0.181 e. The molecule has 0 radical (unpaired) electrons. The summed E-state index contributed by atoms with van der Waals surface area (Å²) in [5.41, 5.74) is 9.69. The molecule has 6 aromatic rings. The van der Waals surface area contributed by atoms with Crippen LogP contribution in [0.2, 0.25) is 0 Å². The second kappa shape index (κ2) is 10.3. The Bertz CT molecular complexity index is 1810. The van der Waals surface area contributed by atoms with E-state index in [9.17, 15) is 0 Å². The number of piperidine rings is 1. The van der Waals surface area contributed by atoms with E-state index in [0.29, 0.717) is 5.65 Å². The Morgan fingerprint density at radius 2 is 1.70 bits per heavy atom. The van der Waals surface area contributed by atoms with Crippen molar-refractivity contribution >= 4 is 33.3 Å². The molecule has 1 aliphatic heterocycles. The number of nitrogens with zero attached hydrogens (tertiary/aromatic N) is 5. The second-order valence-corrected chi connectivity index (χ2v) is 10.4. The van der Waals surface area contributed by atoms with Crippen molar-refractivity contribution in [1.29, 1.82) is 0 Å². The summed E-state index contributed by atoms with van der Waals surface area (Å²) >= 11 is 0. The monoisotopic (exact) mass is 526 g/mol. The predicted octanol–water partition coefficient (Wildman–Crippen LogP) is 6.72. The molecule has 0 saturated carbocycles. The maximum atomic E-state index is 4.65. The van der Waals surface area contributed by atoms with Crippen LogP contribution in [-0.2, 0) is 6.42 Å². The third-order valence-corrected chi connectivity index (χ3v) is 7.55. The van der Waals surface area contributed by atoms with Gasteiger partial charge in [0.25, 0.3) is 0 Å². The molecule has 1 aliphatic rings. The first-order valence-electron chi connectivity index (χ1n) is 13.7. The van der Waals surface area contributed by atoms with Gasteiger partial charge in [-0.3, -0.25) is 15.1 Å². The molecule has 1 aromatic carbocycles. The molecule has 0 amide bonds. The number of hydrogen-bond acceptors (Lipinski definition) is 6. The van der Waals surface area contributed by atoms with Crippen molar-refractivity contribution in [3.63, 3.8) is 0 Å². The average molecular weight is 527 g/mol. The third-order valence-electron chi connectivity index (χ3n) is 7.55. The van der Waals surface area contributed by atoms with E-state index in [1.165, 1.54) is 35.9 Å². The SMILES string of the molecule is C=C(Cc1ccccc1)Nc1cncc(-c2cnc3n[nH]c(-c4cc5c(N6CCCCC6)cncc5[nH]4)c3c2)c1. The Kier molecular flexibility index (Phi) is 6.20. The maximum Gasteiger partial charge on any atom is 0.181 e. The molecular weight excluding hydrogens is 496 g/mol. The largest absolute Gasteiger partial charge is 0.370 e. The van der Waals surface area contributed by atoms with Crippen LogP contribution in [0, 0.1) is 0 Å². The average Bonchev–Trinajstić information content (AvgIpc) is 3.62. The molecule has 0 aliphatic carbocycles. The minimum Gasteiger partial charge on any atom is -0.370 e. The highest BCUT2D eigenvalue weighted by molar-refractivity contribution is 5.99. The Hall–Kier alpha value is -4.98. The van der Waals surface area contributed by atoms with E-state index in [0.717, 1.165) is 64.3 Å². The topological polar surface area (TPSA) is 98.4 Å². The van der Waals surface area contributed by atoms with Gasteiger partial charge in [-0.05, 0) is 43.0 Å². The van der Waals surface area contributed by atoms with Gasteiger partial charge in [0.2, 0.25) is 0 Å². The van der Waals surface area contributed by atoms with Crippen LogP contribution in [0.4, 0.5) is 11.4 Å². The van der Waals surface area contributed by atoms with Gasteiger partial charge in [-0.15, -0.1) is 0 Å². The number of allylic oxidation sites excluding steroid dienone is 1. The van der Waals surface area contributed by atoms with E-state index in [1.807, 2.05) is 49.2 Å². The summed E-state index contributed by atoms with van der Waals surface area (Å²) in [5, 5.41) is 13.2. The van der Waals surface area contributed by atoms with Crippen molar-refractivity contribution in [2.75, 3.05) is 23.3 Å². The maximum absolute atomic E-state index is 4.65. The quantitative estimate of drug-likeness (QED) is 0.214. The minimum atomic E-state index is 0.672. The molecule has 0 unspecified atom stereocenters. The van der Waals surface area contributed by atoms with Crippen molar-refractivity contribution in [3.05, 3.63) is 97.4 Å². The number of aromatic amines is 2. The lowest BCUT2D eigenvalue weighted by Gasteiger charge is -2.28. The van der Waals surface area contributed by atoms with Crippen molar-refractivity contribution in [3.8, 4) is 22.5 Å². The zero-order valence-electron chi connectivity index (χ0n) is 22.2. The summed E-state index contributed by atoms with van der Waals surface area (Å²) in [6.45, 7) is 6.35. The number of aromatic nitrogens is 6. The highest BCUT2D eigenvalue weighted by Gasteiger charge is 2.18. The lowest BCUT2D eigenvalue weighted by molar-refractivity contribution is 0.578. The minimum absolute atomic E-state index is 0.672. The fourth-order valence-electron chi connectivity index (χ4n) is 5.58. The summed E-state index contributed by atoms with van der Waals surface area (Å²) in [4.78, 5) is 19.7. The number of pyridine rings is 3. The molecule has 0 spiro atoms. The van der Waals surface area contributed by atoms with Crippen molar-refractivity contribution in [1.82, 2.24) is 30.1 Å². The van der Waals surface area contributed by atoms with Crippen LogP contribution in [0.1, 0.15) is 24.8 Å². The molecule has 8 nitrogen and oxygen atoms in total. The lowest BCUT2D eigenvalue weighted by Crippen LogP contribution is -2.29. The Labute approximate surface area is 232 Å². The number of rotatable bonds is 7. The number of hydrogen-bond donors (Lipinski definition) is 3. The molecule has 5 aromatic heterocycles. The van der Waals surface area contributed by atoms with Crippen molar-refractivity contribution in [2.24, 2.45) is 0 Å². The number of nitrogens with one attached hydrogen (secondary N) is 3. The molecule has 1 fully saturated rings. The standard InChI is InChI=1S/C32H30N8/c1-21(12-22-8-4-2-5-9-22)36-25-13-23(16-33-18-25)24-14-27-31(38-39-32(27)35-17-24)28-15-26-29(37-28)19-34-20-30(26)40-10-6-3-7-11-40/h2,4-5,8-9,13-20,36-37H,1,3,6-7,10-12H2,(H,35,38,39). The van der Waals surface area contributed by atoms with Gasteiger partial charge in [-0.1, -0.05) is 36.9 Å². The molecule has 8 heteroatoms. The zero-order chi connectivity index (χ0) is 26.9. The van der Waals surface area contributed by atoms with Crippen LogP contribution in [0.25, 0.3) is 44.5 Å². The van der Waals surface area contributed by atoms with Crippen LogP contribution in [0.3, 0.4) is 0 Å². The van der Waals surface area contributed by atoms with Crippen LogP contribution in [-0.4, -0.2) is 43.2 Å². The van der Waals surface area contributed by atoms with Gasteiger partial charge in [0.1, 0.15) is 0 Å². The fraction of sp³-hybridized carbons (Fsp3) is 0.188. The van der Waals surface area contributed by atoms with E-state index in [2.05, 4.69) is 77.3 Å². The first-order valence-corrected chi connectivity index (χ1v) is 13.7. The number of benzene rings is 1. The Balaban J connectivity index is 1.19. The van der Waals surface area contributed by atoms with Crippen molar-refractivity contribution in [2.45, 2.75) is 25.7 Å². The normalized spacial score (nSPS) is 13.7. The summed E-state index contributed by atoms with van der Waals surface area (Å²) in [6, 6.07) is 16.7. The number of fused-ring (bicyclic) bond motifs is 2. The lowest BCUT2D eigenvalue weighted by atomic mass is 10.1. The van der Waals surface area contributed by atoms with E-state index in [4.69, 9.17) is 0 Å². The van der Waals surface area contributed by atoms with E-state index in [-0.39, 0.29) is 0 Å². The molecule has 40 heavy (non-hydrogen) atoms. The second-order valence-electron chi connectivity index (χ2n) is 10.4. The molecule has 1 saturated heterocycles. The molecule has 7 rings (SSSR count). The highest BCUT2D eigenvalue weighted by atomic mass is 15.2. The van der Waals surface area contributed by atoms with Gasteiger partial charge in [-0.25, -0.2) is 4.98 Å². The van der Waals surface area contributed by atoms with E-state index >= 15 is 0 Å². The summed E-state index contributed by atoms with van der Waals surface area (Å²) in [5.74, 6) is 0. The molecule has 3 N–H and O–H groups in total. The molecule has 0 atom stereocenters. The van der Waals surface area contributed by atoms with Crippen LogP contribution in [0.5, 0.6) is 0 Å². The van der Waals surface area contributed by atoms with E-state index in [1.54, 1.807) is 0 Å². The van der Waals surface area contributed by atoms with Gasteiger partial charge < -0.3 is 15.2 Å². The third kappa shape index (κ3) is 4.68. The number of H-pyrrole nitrogens is 2. The van der Waals surface area contributed by atoms with Gasteiger partial charge in [0.15, 0.2) is 5.65 Å². The summed E-state index contributed by atoms with van der Waals surface area (Å²) < 4.78 is 0. The molecule has 0 bridgehead atoms. The van der Waals surface area contributed by atoms with Gasteiger partial charge in [0.05, 0.1) is 46.9 Å². The van der Waals surface area contributed by atoms with Gasteiger partial charge in [0, 0.05) is 59.5 Å². The zero-order valence-corrected chi connectivity index (χ0v) is 22.2. The first-order chi connectivity index (χ1) is 19.7. The first kappa shape index (κ1) is 24.1. The van der Waals surface area contributed by atoms with Gasteiger partial charge >= 0.3 is 0 Å². The highest BCUT2D eigenvalue weighted by Crippen LogP contribution is 2.34. The van der Waals surface area contributed by atoms with E-state index < -0.39 is 0 Å². The summed E-state index contributed by atoms with van der Waals surface area (Å²) in [7, 11) is 0. The van der Waals surface area contributed by atoms with Crippen LogP contribution in [0.15, 0.2) is 91.8 Å². The molecule has 6 heterocycles. The molecule has 198 valence electrons. The fourth-order valence-corrected chi connectivity index (χ4v) is 5.58. The van der Waals surface area contributed by atoms with Crippen molar-refractivity contribution < 1.29 is 0 Å². The van der Waals surface area contributed by atoms with Crippen LogP contribution < -0.4 is 10.2 Å². The Morgan fingerprint density at radius 3 is 2.58 bits per heavy atom. The van der Waals surface area contributed by atoms with Gasteiger partial charge in [-0.2, -0.15) is 5.10 Å². The number of anilines is 2. The molecular formula is C32H30N8. The Morgan fingerprint density at radius 1 is 0.875 bits per heavy atom.